The number of allylic oxidation sites excluding steroid dienone is 6. The van der Waals surface area contributed by atoms with Crippen molar-refractivity contribution in [2.75, 3.05) is 26.7 Å². The van der Waals surface area contributed by atoms with Gasteiger partial charge in [-0.05, 0) is 48.4 Å². The third-order valence-corrected chi connectivity index (χ3v) is 5.24. The Hall–Kier alpha value is -3.12. The molecule has 3 aliphatic heterocycles. The average molecular weight is 393 g/mol. The van der Waals surface area contributed by atoms with Crippen LogP contribution >= 0.6 is 0 Å². The molecule has 0 saturated carbocycles. The van der Waals surface area contributed by atoms with Gasteiger partial charge in [-0.2, -0.15) is 0 Å². The summed E-state index contributed by atoms with van der Waals surface area (Å²) in [4.78, 5) is 17.0. The van der Waals surface area contributed by atoms with Gasteiger partial charge < -0.3 is 15.0 Å². The van der Waals surface area contributed by atoms with Crippen molar-refractivity contribution in [2.45, 2.75) is 13.0 Å². The fourth-order valence-corrected chi connectivity index (χ4v) is 3.70. The van der Waals surface area contributed by atoms with E-state index in [0.29, 0.717) is 11.6 Å². The summed E-state index contributed by atoms with van der Waals surface area (Å²) >= 11 is 0. The zero-order chi connectivity index (χ0) is 20.4. The molecule has 1 atom stereocenters. The highest BCUT2D eigenvalue weighted by Gasteiger charge is 2.23. The van der Waals surface area contributed by atoms with E-state index >= 15 is 0 Å². The van der Waals surface area contributed by atoms with Crippen LogP contribution in [0.3, 0.4) is 0 Å². The van der Waals surface area contributed by atoms with E-state index in [-0.39, 0.29) is 11.7 Å². The van der Waals surface area contributed by atoms with E-state index in [1.165, 1.54) is 13.2 Å². The van der Waals surface area contributed by atoms with Crippen LogP contribution in [0.2, 0.25) is 0 Å². The maximum atomic E-state index is 13.8. The first-order valence-corrected chi connectivity index (χ1v) is 9.70. The van der Waals surface area contributed by atoms with Crippen LogP contribution in [-0.2, 0) is 4.79 Å². The molecule has 0 unspecified atom stereocenters. The number of carbonyl (C=O) groups excluding carboxylic acids is 1. The van der Waals surface area contributed by atoms with E-state index in [0.717, 1.165) is 36.6 Å². The summed E-state index contributed by atoms with van der Waals surface area (Å²) in [6.45, 7) is 4.87. The van der Waals surface area contributed by atoms with Gasteiger partial charge in [0.15, 0.2) is 11.6 Å². The molecule has 29 heavy (non-hydrogen) atoms. The molecule has 1 saturated heterocycles. The van der Waals surface area contributed by atoms with Crippen molar-refractivity contribution in [1.29, 1.82) is 0 Å². The Morgan fingerprint density at radius 1 is 1.21 bits per heavy atom. The second-order valence-electron chi connectivity index (χ2n) is 7.30. The molecular formula is C23H24FN3O2. The number of hydrogen-bond donors (Lipinski definition) is 1. The van der Waals surface area contributed by atoms with Gasteiger partial charge in [0, 0.05) is 43.6 Å². The lowest BCUT2D eigenvalue weighted by atomic mass is 10.0. The van der Waals surface area contributed by atoms with Gasteiger partial charge in [0.1, 0.15) is 0 Å². The van der Waals surface area contributed by atoms with E-state index in [4.69, 9.17) is 4.74 Å². The number of halogens is 1. The molecule has 1 N–H and O–H groups in total. The number of nitrogens with one attached hydrogen (secondary N) is 1. The van der Waals surface area contributed by atoms with Crippen molar-refractivity contribution in [3.8, 4) is 5.75 Å². The third-order valence-electron chi connectivity index (χ3n) is 5.24. The number of piperazine rings is 1. The predicted molar refractivity (Wildman–Crippen MR) is 111 cm³/mol. The lowest BCUT2D eigenvalue weighted by Gasteiger charge is -2.36. The summed E-state index contributed by atoms with van der Waals surface area (Å²) in [6.07, 6.45) is 13.1. The molecule has 3 aliphatic rings. The summed E-state index contributed by atoms with van der Waals surface area (Å²) in [6, 6.07) is 5.00. The summed E-state index contributed by atoms with van der Waals surface area (Å²) in [5.41, 5.74) is 3.25. The highest BCUT2D eigenvalue weighted by molar-refractivity contribution is 6.00. The Kier molecular flexibility index (Phi) is 5.36. The number of benzene rings is 1. The van der Waals surface area contributed by atoms with E-state index in [2.05, 4.69) is 23.2 Å². The largest absolute Gasteiger partial charge is 0.494 e. The fraction of sp³-hybridized carbons (Fsp3) is 0.261. The smallest absolute Gasteiger partial charge is 0.255 e. The van der Waals surface area contributed by atoms with Crippen molar-refractivity contribution in [2.24, 2.45) is 0 Å². The molecular weight excluding hydrogens is 369 g/mol. The first kappa shape index (κ1) is 19.2. The quantitative estimate of drug-likeness (QED) is 0.857. The maximum absolute atomic E-state index is 13.8. The minimum absolute atomic E-state index is 0.149. The van der Waals surface area contributed by atoms with Crippen LogP contribution in [0.4, 0.5) is 4.39 Å². The second kappa shape index (κ2) is 8.09. The van der Waals surface area contributed by atoms with Crippen LogP contribution in [0.25, 0.3) is 5.57 Å². The molecule has 3 heterocycles. The zero-order valence-electron chi connectivity index (χ0n) is 16.6. The highest BCUT2D eigenvalue weighted by atomic mass is 19.1. The fourth-order valence-electron chi connectivity index (χ4n) is 3.70. The molecule has 4 rings (SSSR count). The Morgan fingerprint density at radius 3 is 2.83 bits per heavy atom. The molecule has 0 radical (unpaired) electrons. The van der Waals surface area contributed by atoms with Crippen molar-refractivity contribution >= 4 is 11.5 Å². The van der Waals surface area contributed by atoms with Gasteiger partial charge >= 0.3 is 0 Å². The van der Waals surface area contributed by atoms with Gasteiger partial charge in [0.05, 0.1) is 12.8 Å². The summed E-state index contributed by atoms with van der Waals surface area (Å²) in [5, 5.41) is 3.43. The minimum atomic E-state index is -0.431. The lowest BCUT2D eigenvalue weighted by Crippen LogP contribution is -2.48. The van der Waals surface area contributed by atoms with E-state index in [1.54, 1.807) is 23.1 Å². The van der Waals surface area contributed by atoms with E-state index in [9.17, 15) is 9.18 Å². The molecule has 1 fully saturated rings. The molecule has 0 aliphatic carbocycles. The van der Waals surface area contributed by atoms with Gasteiger partial charge in [0.25, 0.3) is 5.91 Å². The van der Waals surface area contributed by atoms with Crippen LogP contribution in [-0.4, -0.2) is 48.5 Å². The van der Waals surface area contributed by atoms with Gasteiger partial charge in [-0.15, -0.1) is 0 Å². The first-order valence-electron chi connectivity index (χ1n) is 9.70. The Balaban J connectivity index is 1.65. The minimum Gasteiger partial charge on any atom is -0.494 e. The monoisotopic (exact) mass is 393 g/mol. The highest BCUT2D eigenvalue weighted by Crippen LogP contribution is 2.28. The maximum Gasteiger partial charge on any atom is 0.255 e. The van der Waals surface area contributed by atoms with Crippen molar-refractivity contribution in [1.82, 2.24) is 15.1 Å². The molecule has 1 amide bonds. The molecule has 1 aromatic rings. The number of hydrogen-bond acceptors (Lipinski definition) is 4. The third kappa shape index (κ3) is 4.03. The molecule has 5 nitrogen and oxygen atoms in total. The van der Waals surface area contributed by atoms with Crippen LogP contribution in [0.1, 0.15) is 12.5 Å². The lowest BCUT2D eigenvalue weighted by molar-refractivity contribution is -0.122. The van der Waals surface area contributed by atoms with Crippen molar-refractivity contribution in [3.05, 3.63) is 83.6 Å². The molecule has 0 aromatic heterocycles. The van der Waals surface area contributed by atoms with Crippen LogP contribution in [0.15, 0.2) is 72.2 Å². The molecule has 0 spiro atoms. The molecule has 1 aromatic carbocycles. The van der Waals surface area contributed by atoms with Crippen LogP contribution in [0.5, 0.6) is 5.75 Å². The Morgan fingerprint density at radius 2 is 2.03 bits per heavy atom. The van der Waals surface area contributed by atoms with E-state index in [1.807, 2.05) is 30.5 Å². The standard InChI is InChI=1S/C23H24FN3O2/c1-16-14-26(11-10-25-16)20-8-7-19-5-3-4-17(13-23(28)27(19)15-20)18-6-9-21(24)22(12-18)29-2/h3-9,12-13,15-16,25H,10-11,14H2,1-2H3/b4-3?,17-13?,19-5+/t16-/m0/s1. The van der Waals surface area contributed by atoms with Gasteiger partial charge in [-0.3, -0.25) is 9.69 Å². The number of fused-ring (bicyclic) bond motifs is 1. The number of methoxy groups -OCH3 is 1. The van der Waals surface area contributed by atoms with Crippen molar-refractivity contribution < 1.29 is 13.9 Å². The summed E-state index contributed by atoms with van der Waals surface area (Å²) in [7, 11) is 1.42. The second-order valence-corrected chi connectivity index (χ2v) is 7.30. The SMILES string of the molecule is COc1cc(C2=CC(=O)N3C=C(N4CCN[C@@H](C)C4)C=C/C3=C\C=C2)ccc1F. The summed E-state index contributed by atoms with van der Waals surface area (Å²) < 4.78 is 18.8. The molecule has 0 bridgehead atoms. The topological polar surface area (TPSA) is 44.8 Å². The number of rotatable bonds is 3. The van der Waals surface area contributed by atoms with Gasteiger partial charge in [-0.25, -0.2) is 4.39 Å². The van der Waals surface area contributed by atoms with Gasteiger partial charge in [0.2, 0.25) is 0 Å². The Labute approximate surface area is 170 Å². The molecule has 6 heteroatoms. The number of amides is 1. The number of nitrogens with zero attached hydrogens (tertiary/aromatic N) is 2. The normalized spacial score (nSPS) is 23.5. The van der Waals surface area contributed by atoms with Crippen LogP contribution < -0.4 is 10.1 Å². The van der Waals surface area contributed by atoms with E-state index < -0.39 is 5.82 Å². The predicted octanol–water partition coefficient (Wildman–Crippen LogP) is 3.20. The van der Waals surface area contributed by atoms with Gasteiger partial charge in [-0.1, -0.05) is 18.2 Å². The number of carbonyl (C=O) groups is 1. The zero-order valence-corrected chi connectivity index (χ0v) is 16.6. The average Bonchev–Trinajstić information content (AvgIpc) is 2.72. The van der Waals surface area contributed by atoms with Crippen LogP contribution in [0, 0.1) is 5.82 Å². The molecule has 150 valence electrons. The number of ether oxygens (including phenoxy) is 1. The Bertz CT molecular complexity index is 974. The summed E-state index contributed by atoms with van der Waals surface area (Å²) in [5.74, 6) is -0.429. The van der Waals surface area contributed by atoms with Crippen molar-refractivity contribution in [3.63, 3.8) is 0 Å². The first-order chi connectivity index (χ1) is 14.0.